The van der Waals surface area contributed by atoms with Crippen molar-refractivity contribution in [3.63, 3.8) is 0 Å². The van der Waals surface area contributed by atoms with E-state index >= 15 is 0 Å². The van der Waals surface area contributed by atoms with Crippen molar-refractivity contribution in [3.8, 4) is 5.75 Å². The highest BCUT2D eigenvalue weighted by Gasteiger charge is 2.33. The number of ketones is 1. The lowest BCUT2D eigenvalue weighted by Crippen LogP contribution is -2.49. The fraction of sp³-hybridized carbons (Fsp3) is 0.240. The second kappa shape index (κ2) is 9.78. The predicted octanol–water partition coefficient (Wildman–Crippen LogP) is 3.86. The number of amides is 1. The molecule has 2 aromatic carbocycles. The van der Waals surface area contributed by atoms with Gasteiger partial charge in [-0.25, -0.2) is 4.79 Å². The van der Waals surface area contributed by atoms with Gasteiger partial charge in [-0.3, -0.25) is 9.59 Å². The van der Waals surface area contributed by atoms with E-state index in [0.29, 0.717) is 16.0 Å². The molecule has 0 radical (unpaired) electrons. The van der Waals surface area contributed by atoms with Crippen LogP contribution in [0.5, 0.6) is 5.75 Å². The van der Waals surface area contributed by atoms with Crippen LogP contribution in [0.3, 0.4) is 0 Å². The molecule has 1 aromatic heterocycles. The summed E-state index contributed by atoms with van der Waals surface area (Å²) in [5.41, 5.74) is 1.08. The van der Waals surface area contributed by atoms with Gasteiger partial charge in [0, 0.05) is 12.0 Å². The number of phenols is 1. The van der Waals surface area contributed by atoms with Gasteiger partial charge in [0.25, 0.3) is 0 Å². The molecular formula is C25H25NO5S. The molecule has 166 valence electrons. The summed E-state index contributed by atoms with van der Waals surface area (Å²) in [5, 5.41) is 14.1. The number of aromatic hydroxyl groups is 1. The molecule has 2 N–H and O–H groups in total. The molecule has 7 heteroatoms. The highest BCUT2D eigenvalue weighted by molar-refractivity contribution is 7.12. The second-order valence-corrected chi connectivity index (χ2v) is 8.88. The van der Waals surface area contributed by atoms with E-state index in [2.05, 4.69) is 5.32 Å². The topological polar surface area (TPSA) is 92.7 Å². The number of carbonyl (C=O) groups is 3. The van der Waals surface area contributed by atoms with Gasteiger partial charge in [-0.2, -0.15) is 0 Å². The minimum absolute atomic E-state index is 0.0616. The molecule has 1 atom stereocenters. The number of hydrogen-bond acceptors (Lipinski definition) is 6. The van der Waals surface area contributed by atoms with E-state index in [1.807, 2.05) is 11.4 Å². The van der Waals surface area contributed by atoms with Gasteiger partial charge in [0.1, 0.15) is 11.8 Å². The molecule has 0 aliphatic rings. The van der Waals surface area contributed by atoms with Crippen molar-refractivity contribution >= 4 is 29.0 Å². The van der Waals surface area contributed by atoms with Crippen LogP contribution in [-0.4, -0.2) is 35.9 Å². The number of phenolic OH excluding ortho intramolecular Hbond substituents is 1. The summed E-state index contributed by atoms with van der Waals surface area (Å²) in [5.74, 6) is -0.842. The molecule has 0 aliphatic heterocycles. The Hall–Kier alpha value is -3.45. The monoisotopic (exact) mass is 451 g/mol. The molecule has 3 aromatic rings. The lowest BCUT2D eigenvalue weighted by atomic mass is 9.82. The van der Waals surface area contributed by atoms with Gasteiger partial charge in [0.2, 0.25) is 11.7 Å². The third-order valence-electron chi connectivity index (χ3n) is 5.35. The highest BCUT2D eigenvalue weighted by atomic mass is 32.1. The summed E-state index contributed by atoms with van der Waals surface area (Å²) in [6, 6.07) is 16.1. The first-order valence-corrected chi connectivity index (χ1v) is 11.0. The molecule has 0 saturated heterocycles. The average Bonchev–Trinajstić information content (AvgIpc) is 3.34. The average molecular weight is 452 g/mol. The van der Waals surface area contributed by atoms with Crippen molar-refractivity contribution < 1.29 is 24.2 Å². The smallest absolute Gasteiger partial charge is 0.328 e. The highest BCUT2D eigenvalue weighted by Crippen LogP contribution is 2.25. The van der Waals surface area contributed by atoms with Gasteiger partial charge in [0.15, 0.2) is 0 Å². The molecule has 0 spiro atoms. The molecule has 0 bridgehead atoms. The lowest BCUT2D eigenvalue weighted by molar-refractivity contribution is -0.145. The number of ether oxygens (including phenoxy) is 1. The van der Waals surface area contributed by atoms with Crippen molar-refractivity contribution in [1.82, 2.24) is 5.32 Å². The van der Waals surface area contributed by atoms with Crippen LogP contribution in [0.25, 0.3) is 0 Å². The number of rotatable bonds is 8. The Bertz CT molecular complexity index is 1090. The standard InChI is InChI=1S/C25H25NO5S/c1-25(2,18-10-8-17(9-11-18)22(28)21-5-4-14-32-21)24(30)26-20(23(29)31-3)15-16-6-12-19(27)13-7-16/h4-14,20,27H,15H2,1-3H3,(H,26,30)/t20-/m0/s1. The number of carbonyl (C=O) groups excluding carboxylic acids is 3. The van der Waals surface area contributed by atoms with Crippen LogP contribution in [0.1, 0.15) is 40.2 Å². The van der Waals surface area contributed by atoms with E-state index in [4.69, 9.17) is 4.74 Å². The minimum atomic E-state index is -0.953. The van der Waals surface area contributed by atoms with E-state index in [1.165, 1.54) is 30.6 Å². The van der Waals surface area contributed by atoms with E-state index in [1.54, 1.807) is 56.3 Å². The molecule has 32 heavy (non-hydrogen) atoms. The van der Waals surface area contributed by atoms with Crippen molar-refractivity contribution in [2.24, 2.45) is 0 Å². The van der Waals surface area contributed by atoms with E-state index < -0.39 is 17.4 Å². The normalized spacial score (nSPS) is 12.1. The van der Waals surface area contributed by atoms with Gasteiger partial charge in [-0.15, -0.1) is 11.3 Å². The van der Waals surface area contributed by atoms with Crippen molar-refractivity contribution in [1.29, 1.82) is 0 Å². The maximum atomic E-state index is 13.1. The Morgan fingerprint density at radius 3 is 2.25 bits per heavy atom. The molecule has 6 nitrogen and oxygen atoms in total. The first kappa shape index (κ1) is 23.2. The van der Waals surface area contributed by atoms with Gasteiger partial charge in [0.05, 0.1) is 17.4 Å². The van der Waals surface area contributed by atoms with Crippen LogP contribution in [0.15, 0.2) is 66.0 Å². The lowest BCUT2D eigenvalue weighted by Gasteiger charge is -2.27. The SMILES string of the molecule is COC(=O)[C@H](Cc1ccc(O)cc1)NC(=O)C(C)(C)c1ccc(C(=O)c2cccs2)cc1. The van der Waals surface area contributed by atoms with Crippen molar-refractivity contribution in [2.75, 3.05) is 7.11 Å². The zero-order valence-corrected chi connectivity index (χ0v) is 18.9. The molecule has 1 heterocycles. The Morgan fingerprint density at radius 1 is 1.03 bits per heavy atom. The fourth-order valence-electron chi connectivity index (χ4n) is 3.26. The Balaban J connectivity index is 1.75. The molecule has 0 saturated carbocycles. The summed E-state index contributed by atoms with van der Waals surface area (Å²) in [7, 11) is 1.27. The summed E-state index contributed by atoms with van der Waals surface area (Å²) < 4.78 is 4.87. The number of benzene rings is 2. The molecule has 3 rings (SSSR count). The van der Waals surface area contributed by atoms with Crippen LogP contribution in [0.4, 0.5) is 0 Å². The Labute approximate surface area is 190 Å². The summed E-state index contributed by atoms with van der Waals surface area (Å²) in [6.07, 6.45) is 0.225. The van der Waals surface area contributed by atoms with Crippen molar-refractivity contribution in [3.05, 3.63) is 87.6 Å². The second-order valence-electron chi connectivity index (χ2n) is 7.93. The maximum Gasteiger partial charge on any atom is 0.328 e. The first-order chi connectivity index (χ1) is 15.2. The molecular weight excluding hydrogens is 426 g/mol. The minimum Gasteiger partial charge on any atom is -0.508 e. The van der Waals surface area contributed by atoms with Crippen LogP contribution in [0.2, 0.25) is 0 Å². The number of nitrogens with one attached hydrogen (secondary N) is 1. The number of hydrogen-bond donors (Lipinski definition) is 2. The third kappa shape index (κ3) is 5.23. The third-order valence-corrected chi connectivity index (χ3v) is 6.22. The van der Waals surface area contributed by atoms with Crippen LogP contribution in [0, 0.1) is 0 Å². The number of esters is 1. The molecule has 0 aliphatic carbocycles. The Kier molecular flexibility index (Phi) is 7.10. The van der Waals surface area contributed by atoms with Gasteiger partial charge < -0.3 is 15.2 Å². The predicted molar refractivity (Wildman–Crippen MR) is 123 cm³/mol. The maximum absolute atomic E-state index is 13.1. The Morgan fingerprint density at radius 2 is 1.69 bits per heavy atom. The number of methoxy groups -OCH3 is 1. The van der Waals surface area contributed by atoms with Crippen LogP contribution >= 0.6 is 11.3 Å². The van der Waals surface area contributed by atoms with E-state index in [0.717, 1.165) is 5.56 Å². The molecule has 1 amide bonds. The zero-order valence-electron chi connectivity index (χ0n) is 18.1. The summed E-state index contributed by atoms with van der Waals surface area (Å²) >= 11 is 1.38. The summed E-state index contributed by atoms with van der Waals surface area (Å²) in [6.45, 7) is 3.51. The van der Waals surface area contributed by atoms with Gasteiger partial charge in [-0.05, 0) is 48.6 Å². The van der Waals surface area contributed by atoms with Gasteiger partial charge in [-0.1, -0.05) is 42.5 Å². The van der Waals surface area contributed by atoms with E-state index in [-0.39, 0.29) is 23.9 Å². The van der Waals surface area contributed by atoms with Crippen LogP contribution < -0.4 is 5.32 Å². The molecule has 0 unspecified atom stereocenters. The zero-order chi connectivity index (χ0) is 23.3. The largest absolute Gasteiger partial charge is 0.508 e. The first-order valence-electron chi connectivity index (χ1n) is 10.1. The number of thiophene rings is 1. The van der Waals surface area contributed by atoms with Crippen LogP contribution in [-0.2, 0) is 26.2 Å². The van der Waals surface area contributed by atoms with E-state index in [9.17, 15) is 19.5 Å². The fourth-order valence-corrected chi connectivity index (χ4v) is 3.95. The summed E-state index contributed by atoms with van der Waals surface area (Å²) in [4.78, 5) is 38.6. The molecule has 0 fully saturated rings. The quantitative estimate of drug-likeness (QED) is 0.401. The van der Waals surface area contributed by atoms with Gasteiger partial charge >= 0.3 is 5.97 Å². The van der Waals surface area contributed by atoms with Crippen molar-refractivity contribution in [2.45, 2.75) is 31.7 Å².